The molecule has 2 aliphatic rings. The van der Waals surface area contributed by atoms with E-state index in [1.807, 2.05) is 0 Å². The molecule has 2 heterocycles. The van der Waals surface area contributed by atoms with Crippen LogP contribution in [0, 0.1) is 11.7 Å². The predicted octanol–water partition coefficient (Wildman–Crippen LogP) is 0.740. The molecule has 2 saturated heterocycles. The van der Waals surface area contributed by atoms with Crippen LogP contribution in [0.4, 0.5) is 4.39 Å². The van der Waals surface area contributed by atoms with Crippen molar-refractivity contribution in [2.24, 2.45) is 5.92 Å². The summed E-state index contributed by atoms with van der Waals surface area (Å²) in [7, 11) is 1.45. The number of likely N-dealkylation sites (tertiary alicyclic amines) is 1. The van der Waals surface area contributed by atoms with E-state index in [1.165, 1.54) is 19.2 Å². The minimum absolute atomic E-state index is 0.00445. The van der Waals surface area contributed by atoms with Crippen LogP contribution in [0.15, 0.2) is 18.2 Å². The highest BCUT2D eigenvalue weighted by molar-refractivity contribution is 5.82. The van der Waals surface area contributed by atoms with Gasteiger partial charge in [0, 0.05) is 31.3 Å². The number of ether oxygens (including phenoxy) is 2. The van der Waals surface area contributed by atoms with Crippen LogP contribution in [-0.2, 0) is 20.7 Å². The number of methoxy groups -OCH3 is 1. The van der Waals surface area contributed by atoms with Crippen molar-refractivity contribution < 1.29 is 23.5 Å². The number of fused-ring (bicyclic) bond motifs is 1. The summed E-state index contributed by atoms with van der Waals surface area (Å²) in [6, 6.07) is 4.15. The van der Waals surface area contributed by atoms with Crippen molar-refractivity contribution in [2.75, 3.05) is 33.4 Å². The van der Waals surface area contributed by atoms with E-state index in [2.05, 4.69) is 5.32 Å². The van der Waals surface area contributed by atoms with E-state index in [9.17, 15) is 14.0 Å². The second-order valence-electron chi connectivity index (χ2n) is 6.07. The van der Waals surface area contributed by atoms with Crippen LogP contribution in [0.25, 0.3) is 0 Å². The van der Waals surface area contributed by atoms with E-state index in [0.29, 0.717) is 44.0 Å². The maximum Gasteiger partial charge on any atom is 0.227 e. The highest BCUT2D eigenvalue weighted by atomic mass is 19.1. The van der Waals surface area contributed by atoms with Gasteiger partial charge in [-0.3, -0.25) is 9.59 Å². The quantitative estimate of drug-likeness (QED) is 0.884. The lowest BCUT2D eigenvalue weighted by molar-refractivity contribution is -0.141. The zero-order valence-corrected chi connectivity index (χ0v) is 13.6. The van der Waals surface area contributed by atoms with Gasteiger partial charge in [-0.1, -0.05) is 6.07 Å². The van der Waals surface area contributed by atoms with Gasteiger partial charge in [-0.05, 0) is 12.5 Å². The maximum atomic E-state index is 13.3. The minimum atomic E-state index is -0.401. The number of nitrogens with one attached hydrogen (secondary N) is 1. The summed E-state index contributed by atoms with van der Waals surface area (Å²) in [5, 5.41) is 2.83. The lowest BCUT2D eigenvalue weighted by Crippen LogP contribution is -2.50. The van der Waals surface area contributed by atoms with Gasteiger partial charge in [-0.15, -0.1) is 0 Å². The fourth-order valence-corrected chi connectivity index (χ4v) is 3.27. The summed E-state index contributed by atoms with van der Waals surface area (Å²) in [6.07, 6.45) is 0.454. The van der Waals surface area contributed by atoms with Crippen molar-refractivity contribution in [1.82, 2.24) is 10.2 Å². The number of hydrogen-bond donors (Lipinski definition) is 1. The van der Waals surface area contributed by atoms with Crippen LogP contribution in [0.5, 0.6) is 5.75 Å². The van der Waals surface area contributed by atoms with Gasteiger partial charge in [0.15, 0.2) is 0 Å². The predicted molar refractivity (Wildman–Crippen MR) is 84.1 cm³/mol. The molecule has 6 nitrogen and oxygen atoms in total. The number of halogens is 1. The highest BCUT2D eigenvalue weighted by Gasteiger charge is 2.37. The Labute approximate surface area is 139 Å². The Morgan fingerprint density at radius 3 is 3.12 bits per heavy atom. The van der Waals surface area contributed by atoms with Crippen LogP contribution in [0.2, 0.25) is 0 Å². The summed E-state index contributed by atoms with van der Waals surface area (Å²) in [6.45, 7) is 1.88. The van der Waals surface area contributed by atoms with E-state index in [-0.39, 0.29) is 30.3 Å². The largest absolute Gasteiger partial charge is 0.496 e. The lowest BCUT2D eigenvalue weighted by Gasteiger charge is -2.36. The normalized spacial score (nSPS) is 23.9. The van der Waals surface area contributed by atoms with E-state index in [1.54, 1.807) is 11.0 Å². The smallest absolute Gasteiger partial charge is 0.227 e. The second-order valence-corrected chi connectivity index (χ2v) is 6.07. The minimum Gasteiger partial charge on any atom is -0.496 e. The molecular formula is C17H21FN2O4. The Morgan fingerprint density at radius 1 is 1.50 bits per heavy atom. The molecule has 1 aromatic carbocycles. The molecule has 0 aromatic heterocycles. The van der Waals surface area contributed by atoms with Crippen LogP contribution >= 0.6 is 0 Å². The summed E-state index contributed by atoms with van der Waals surface area (Å²) < 4.78 is 24.1. The first-order valence-electron chi connectivity index (χ1n) is 8.08. The first kappa shape index (κ1) is 16.7. The third-order valence-electron chi connectivity index (χ3n) is 4.57. The summed E-state index contributed by atoms with van der Waals surface area (Å²) in [5.74, 6) is -0.307. The molecule has 0 aliphatic carbocycles. The monoisotopic (exact) mass is 336 g/mol. The van der Waals surface area contributed by atoms with Crippen molar-refractivity contribution in [3.05, 3.63) is 29.6 Å². The number of piperidine rings is 1. The molecule has 1 aromatic rings. The molecule has 1 N–H and O–H groups in total. The number of carbonyl (C=O) groups excluding carboxylic acids is 2. The zero-order chi connectivity index (χ0) is 17.1. The topological polar surface area (TPSA) is 67.9 Å². The first-order valence-corrected chi connectivity index (χ1v) is 8.08. The Balaban J connectivity index is 1.67. The van der Waals surface area contributed by atoms with Crippen molar-refractivity contribution >= 4 is 11.8 Å². The molecule has 0 bridgehead atoms. The van der Waals surface area contributed by atoms with Crippen LogP contribution in [-0.4, -0.2) is 56.2 Å². The average molecular weight is 336 g/mol. The van der Waals surface area contributed by atoms with Crippen LogP contribution in [0.3, 0.4) is 0 Å². The fraction of sp³-hybridized carbons (Fsp3) is 0.529. The van der Waals surface area contributed by atoms with Gasteiger partial charge in [0.25, 0.3) is 0 Å². The van der Waals surface area contributed by atoms with E-state index in [4.69, 9.17) is 9.47 Å². The number of hydrogen-bond acceptors (Lipinski definition) is 4. The maximum absolute atomic E-state index is 13.3. The first-order chi connectivity index (χ1) is 11.6. The molecule has 130 valence electrons. The lowest BCUT2D eigenvalue weighted by atomic mass is 9.92. The van der Waals surface area contributed by atoms with Crippen LogP contribution in [0.1, 0.15) is 12.0 Å². The Kier molecular flexibility index (Phi) is 4.99. The van der Waals surface area contributed by atoms with Gasteiger partial charge in [0.2, 0.25) is 11.8 Å². The van der Waals surface area contributed by atoms with Gasteiger partial charge in [0.05, 0.1) is 32.2 Å². The molecule has 2 aliphatic heterocycles. The van der Waals surface area contributed by atoms with Gasteiger partial charge in [0.1, 0.15) is 11.6 Å². The molecule has 24 heavy (non-hydrogen) atoms. The third kappa shape index (κ3) is 3.51. The van der Waals surface area contributed by atoms with Gasteiger partial charge in [-0.25, -0.2) is 4.39 Å². The molecule has 0 spiro atoms. The fourth-order valence-electron chi connectivity index (χ4n) is 3.27. The Morgan fingerprint density at radius 2 is 2.33 bits per heavy atom. The van der Waals surface area contributed by atoms with Crippen molar-refractivity contribution in [3.8, 4) is 5.75 Å². The molecule has 3 rings (SSSR count). The zero-order valence-electron chi connectivity index (χ0n) is 13.6. The summed E-state index contributed by atoms with van der Waals surface area (Å²) >= 11 is 0. The summed E-state index contributed by atoms with van der Waals surface area (Å²) in [5.41, 5.74) is 0.644. The van der Waals surface area contributed by atoms with E-state index < -0.39 is 5.82 Å². The second kappa shape index (κ2) is 7.17. The average Bonchev–Trinajstić information content (AvgIpc) is 2.77. The van der Waals surface area contributed by atoms with Crippen molar-refractivity contribution in [2.45, 2.75) is 18.9 Å². The molecule has 2 amide bonds. The third-order valence-corrected chi connectivity index (χ3v) is 4.57. The molecule has 0 saturated carbocycles. The molecule has 2 atom stereocenters. The molecule has 2 fully saturated rings. The Bertz CT molecular complexity index is 637. The van der Waals surface area contributed by atoms with Crippen molar-refractivity contribution in [1.29, 1.82) is 0 Å². The number of amides is 2. The molecular weight excluding hydrogens is 315 g/mol. The number of nitrogens with zero attached hydrogens (tertiary/aromatic N) is 1. The Hall–Kier alpha value is -2.15. The number of carbonyl (C=O) groups is 2. The number of benzene rings is 1. The molecule has 7 heteroatoms. The van der Waals surface area contributed by atoms with Crippen molar-refractivity contribution in [3.63, 3.8) is 0 Å². The van der Waals surface area contributed by atoms with E-state index in [0.717, 1.165) is 0 Å². The van der Waals surface area contributed by atoms with Gasteiger partial charge < -0.3 is 19.7 Å². The van der Waals surface area contributed by atoms with Gasteiger partial charge >= 0.3 is 0 Å². The molecule has 0 radical (unpaired) electrons. The standard InChI is InChI=1S/C17H21FN2O4/c1-23-14-9-12(18)3-2-11(14)8-16(21)20-6-4-13-15(10-20)24-7-5-19-17(13)22/h2-3,9,13,15H,4-8,10H2,1H3,(H,19,22)/t13-,15+/m1/s1. The molecule has 0 unspecified atom stereocenters. The summed E-state index contributed by atoms with van der Waals surface area (Å²) in [4.78, 5) is 26.3. The highest BCUT2D eigenvalue weighted by Crippen LogP contribution is 2.25. The number of rotatable bonds is 3. The SMILES string of the molecule is COc1cc(F)ccc1CC(=O)N1CC[C@H]2C(=O)NCCO[C@H]2C1. The van der Waals surface area contributed by atoms with E-state index >= 15 is 0 Å². The van der Waals surface area contributed by atoms with Gasteiger partial charge in [-0.2, -0.15) is 0 Å². The van der Waals surface area contributed by atoms with Crippen LogP contribution < -0.4 is 10.1 Å².